The number of nitrogens with zero attached hydrogens (tertiary/aromatic N) is 3. The fourth-order valence-corrected chi connectivity index (χ4v) is 5.31. The van der Waals surface area contributed by atoms with Gasteiger partial charge in [0.15, 0.2) is 5.52 Å². The molecule has 38 heavy (non-hydrogen) atoms. The number of carbonyl (C=O) groups is 1. The van der Waals surface area contributed by atoms with Crippen LogP contribution in [0.25, 0.3) is 11.0 Å². The van der Waals surface area contributed by atoms with Crippen molar-refractivity contribution in [3.05, 3.63) is 22.2 Å². The van der Waals surface area contributed by atoms with Crippen molar-refractivity contribution in [1.29, 1.82) is 0 Å². The number of aromatic nitrogens is 2. The van der Waals surface area contributed by atoms with Gasteiger partial charge < -0.3 is 35.8 Å². The van der Waals surface area contributed by atoms with Crippen molar-refractivity contribution < 1.29 is 39.5 Å². The molecule has 212 valence electrons. The van der Waals surface area contributed by atoms with Gasteiger partial charge in [0.05, 0.1) is 17.2 Å². The number of fused-ring (bicyclic) bond motifs is 1. The third-order valence-electron chi connectivity index (χ3n) is 6.28. The molecule has 15 heteroatoms. The summed E-state index contributed by atoms with van der Waals surface area (Å²) in [7, 11) is 0. The van der Waals surface area contributed by atoms with Gasteiger partial charge in [0, 0.05) is 25.6 Å². The van der Waals surface area contributed by atoms with Gasteiger partial charge in [-0.1, -0.05) is 25.7 Å². The Hall–Kier alpha value is -2.56. The highest BCUT2D eigenvalue weighted by molar-refractivity contribution is 7.99. The standard InChI is InChI=1S/C23H35N5O9S/c29-13-16-20(31)21(32)22(33)23(36-16)38-12-6-4-2-1-3-5-7-17(30)25-11-10-24-14-8-9-15(28(34)35)19-18(14)26-37-27-19/h8-9,16,20-24,29,31-33H,1-7,10-13H2,(H,25,30)/t16-,20-,21+,22-,23+/m1/s1. The smallest absolute Gasteiger partial charge is 0.300 e. The van der Waals surface area contributed by atoms with E-state index in [0.717, 1.165) is 44.3 Å². The van der Waals surface area contributed by atoms with E-state index < -0.39 is 41.4 Å². The number of amides is 1. The molecule has 0 radical (unpaired) electrons. The van der Waals surface area contributed by atoms with Crippen molar-refractivity contribution in [3.8, 4) is 0 Å². The second-order valence-electron chi connectivity index (χ2n) is 9.07. The lowest BCUT2D eigenvalue weighted by molar-refractivity contribution is -0.383. The molecule has 1 aliphatic rings. The number of hydrogen-bond acceptors (Lipinski definition) is 13. The van der Waals surface area contributed by atoms with Crippen LogP contribution < -0.4 is 10.6 Å². The Morgan fingerprint density at radius 1 is 1.00 bits per heavy atom. The molecule has 1 aromatic heterocycles. The second-order valence-corrected chi connectivity index (χ2v) is 10.3. The predicted octanol–water partition coefficient (Wildman–Crippen LogP) is 0.923. The highest BCUT2D eigenvalue weighted by Crippen LogP contribution is 2.30. The van der Waals surface area contributed by atoms with Gasteiger partial charge in [-0.05, 0) is 35.0 Å². The highest BCUT2D eigenvalue weighted by Gasteiger charge is 2.43. The minimum Gasteiger partial charge on any atom is -0.394 e. The first-order chi connectivity index (χ1) is 18.3. The maximum atomic E-state index is 12.0. The fourth-order valence-electron chi connectivity index (χ4n) is 4.13. The molecule has 1 fully saturated rings. The van der Waals surface area contributed by atoms with Gasteiger partial charge in [-0.3, -0.25) is 14.9 Å². The maximum Gasteiger partial charge on any atom is 0.300 e. The van der Waals surface area contributed by atoms with Crippen LogP contribution in [0.15, 0.2) is 16.8 Å². The Morgan fingerprint density at radius 3 is 2.45 bits per heavy atom. The first-order valence-electron chi connectivity index (χ1n) is 12.7. The van der Waals surface area contributed by atoms with Crippen molar-refractivity contribution in [2.24, 2.45) is 0 Å². The molecule has 0 unspecified atom stereocenters. The lowest BCUT2D eigenvalue weighted by Gasteiger charge is -2.39. The number of benzene rings is 1. The average molecular weight is 558 g/mol. The van der Waals surface area contributed by atoms with E-state index in [0.29, 0.717) is 25.2 Å². The summed E-state index contributed by atoms with van der Waals surface area (Å²) in [6.07, 6.45) is 1.30. The number of ether oxygens (including phenoxy) is 1. The molecule has 3 rings (SSSR count). The van der Waals surface area contributed by atoms with Gasteiger partial charge >= 0.3 is 5.69 Å². The number of thioether (sulfide) groups is 1. The summed E-state index contributed by atoms with van der Waals surface area (Å²) >= 11 is 1.36. The number of carbonyl (C=O) groups excluding carboxylic acids is 1. The molecule has 5 atom stereocenters. The molecule has 6 N–H and O–H groups in total. The van der Waals surface area contributed by atoms with Crippen LogP contribution in [0.1, 0.15) is 44.9 Å². The largest absolute Gasteiger partial charge is 0.394 e. The molecule has 0 spiro atoms. The van der Waals surface area contributed by atoms with Crippen LogP contribution in [0.5, 0.6) is 0 Å². The summed E-state index contributed by atoms with van der Waals surface area (Å²) in [5.74, 6) is 0.678. The number of aliphatic hydroxyl groups is 4. The van der Waals surface area contributed by atoms with E-state index in [1.54, 1.807) is 0 Å². The third-order valence-corrected chi connectivity index (χ3v) is 7.53. The minimum absolute atomic E-state index is 0.0420. The number of anilines is 1. The summed E-state index contributed by atoms with van der Waals surface area (Å²) in [6, 6.07) is 2.85. The number of nitrogens with one attached hydrogen (secondary N) is 2. The molecule has 1 saturated heterocycles. The molecule has 1 aliphatic heterocycles. The lowest BCUT2D eigenvalue weighted by Crippen LogP contribution is -2.57. The van der Waals surface area contributed by atoms with Crippen molar-refractivity contribution >= 4 is 40.1 Å². The first-order valence-corrected chi connectivity index (χ1v) is 13.7. The van der Waals surface area contributed by atoms with E-state index in [1.165, 1.54) is 23.9 Å². The molecule has 0 saturated carbocycles. The van der Waals surface area contributed by atoms with Crippen molar-refractivity contribution in [3.63, 3.8) is 0 Å². The number of non-ortho nitro benzene ring substituents is 1. The number of hydrogen-bond donors (Lipinski definition) is 6. The molecule has 14 nitrogen and oxygen atoms in total. The Balaban J connectivity index is 1.19. The van der Waals surface area contributed by atoms with Crippen LogP contribution in [-0.4, -0.2) is 96.9 Å². The quantitative estimate of drug-likeness (QED) is 0.0963. The molecule has 0 bridgehead atoms. The molecular weight excluding hydrogens is 522 g/mol. The SMILES string of the molecule is O=C(CCCCCCCCS[C@@H]1O[C@H](CO)[C@@H](O)[C@H](O)[C@H]1O)NCCNc1ccc([N+](=O)[O-])c2nonc12. The van der Waals surface area contributed by atoms with E-state index >= 15 is 0 Å². The summed E-state index contributed by atoms with van der Waals surface area (Å²) in [4.78, 5) is 22.5. The molecule has 0 aliphatic carbocycles. The molecule has 2 aromatic rings. The van der Waals surface area contributed by atoms with Crippen molar-refractivity contribution in [1.82, 2.24) is 15.6 Å². The maximum absolute atomic E-state index is 12.0. The van der Waals surface area contributed by atoms with E-state index in [2.05, 4.69) is 25.6 Å². The summed E-state index contributed by atoms with van der Waals surface area (Å²) < 4.78 is 10.1. The highest BCUT2D eigenvalue weighted by atomic mass is 32.2. The number of unbranched alkanes of at least 4 members (excludes halogenated alkanes) is 5. The zero-order chi connectivity index (χ0) is 27.5. The van der Waals surface area contributed by atoms with Crippen LogP contribution in [0.2, 0.25) is 0 Å². The Morgan fingerprint density at radius 2 is 1.71 bits per heavy atom. The van der Waals surface area contributed by atoms with Gasteiger partial charge in [0.2, 0.25) is 11.4 Å². The Labute approximate surface area is 223 Å². The zero-order valence-electron chi connectivity index (χ0n) is 20.9. The summed E-state index contributed by atoms with van der Waals surface area (Å²) in [5, 5.41) is 63.2. The van der Waals surface area contributed by atoms with Gasteiger partial charge in [-0.25, -0.2) is 4.63 Å². The van der Waals surface area contributed by atoms with Gasteiger partial charge in [0.25, 0.3) is 0 Å². The number of nitro benzene ring substituents is 1. The van der Waals surface area contributed by atoms with Gasteiger partial charge in [0.1, 0.15) is 29.9 Å². The van der Waals surface area contributed by atoms with E-state index in [-0.39, 0.29) is 22.6 Å². The average Bonchev–Trinajstić information content (AvgIpc) is 3.40. The van der Waals surface area contributed by atoms with Crippen molar-refractivity contribution in [2.45, 2.75) is 74.8 Å². The summed E-state index contributed by atoms with van der Waals surface area (Å²) in [5.41, 5.74) is -0.0110. The fraction of sp³-hybridized carbons (Fsp3) is 0.696. The van der Waals surface area contributed by atoms with Gasteiger partial charge in [-0.15, -0.1) is 11.8 Å². The van der Waals surface area contributed by atoms with Gasteiger partial charge in [-0.2, -0.15) is 0 Å². The second kappa shape index (κ2) is 15.1. The van der Waals surface area contributed by atoms with Crippen LogP contribution in [0.4, 0.5) is 11.4 Å². The van der Waals surface area contributed by atoms with E-state index in [9.17, 15) is 35.3 Å². The number of rotatable bonds is 16. The molecule has 2 heterocycles. The third kappa shape index (κ3) is 8.22. The number of aliphatic hydroxyl groups excluding tert-OH is 4. The molecule has 1 amide bonds. The normalized spacial score (nSPS) is 23.4. The lowest BCUT2D eigenvalue weighted by atomic mass is 10.0. The minimum atomic E-state index is -1.34. The Kier molecular flexibility index (Phi) is 11.9. The predicted molar refractivity (Wildman–Crippen MR) is 139 cm³/mol. The molecular formula is C23H35N5O9S. The van der Waals surface area contributed by atoms with E-state index in [4.69, 9.17) is 4.74 Å². The van der Waals surface area contributed by atoms with Crippen LogP contribution in [0.3, 0.4) is 0 Å². The van der Waals surface area contributed by atoms with Crippen molar-refractivity contribution in [2.75, 3.05) is 30.8 Å². The zero-order valence-corrected chi connectivity index (χ0v) is 21.7. The number of nitro groups is 1. The monoisotopic (exact) mass is 557 g/mol. The van der Waals surface area contributed by atoms with Crippen LogP contribution >= 0.6 is 11.8 Å². The van der Waals surface area contributed by atoms with Crippen LogP contribution in [-0.2, 0) is 9.53 Å². The Bertz CT molecular complexity index is 1040. The molecule has 1 aromatic carbocycles. The van der Waals surface area contributed by atoms with Crippen LogP contribution in [0, 0.1) is 10.1 Å². The topological polar surface area (TPSA) is 213 Å². The van der Waals surface area contributed by atoms with E-state index in [1.807, 2.05) is 0 Å². The first kappa shape index (κ1) is 30.0. The summed E-state index contributed by atoms with van der Waals surface area (Å²) in [6.45, 7) is 0.366.